The summed E-state index contributed by atoms with van der Waals surface area (Å²) >= 11 is 0. The van der Waals surface area contributed by atoms with Gasteiger partial charge in [-0.15, -0.1) is 0 Å². The molecule has 0 saturated heterocycles. The van der Waals surface area contributed by atoms with Crippen LogP contribution in [0.1, 0.15) is 26.7 Å². The molecule has 0 aromatic carbocycles. The number of hydrogen-bond donors (Lipinski definition) is 4. The van der Waals surface area contributed by atoms with E-state index in [4.69, 9.17) is 15.6 Å². The van der Waals surface area contributed by atoms with Crippen molar-refractivity contribution in [1.82, 2.24) is 9.80 Å². The number of carbonyl (C=O) groups is 2. The average molecular weight is 380 g/mol. The summed E-state index contributed by atoms with van der Waals surface area (Å²) < 4.78 is 0. The van der Waals surface area contributed by atoms with E-state index in [0.29, 0.717) is 19.5 Å². The maximum atomic E-state index is 11.5. The van der Waals surface area contributed by atoms with E-state index in [1.165, 1.54) is 6.92 Å². The highest BCUT2D eigenvalue weighted by molar-refractivity contribution is 5.75. The molecule has 10 heteroatoms. The molecule has 4 atom stereocenters. The van der Waals surface area contributed by atoms with Crippen molar-refractivity contribution in [1.29, 1.82) is 0 Å². The topological polar surface area (TPSA) is 140 Å². The van der Waals surface area contributed by atoms with Gasteiger partial charge in [-0.05, 0) is 32.9 Å². The fourth-order valence-corrected chi connectivity index (χ4v) is 2.68. The molecule has 0 heterocycles. The lowest BCUT2D eigenvalue weighted by Crippen LogP contribution is -2.46. The van der Waals surface area contributed by atoms with Crippen molar-refractivity contribution >= 4 is 11.9 Å². The molecule has 0 aliphatic carbocycles. The van der Waals surface area contributed by atoms with Crippen LogP contribution in [0, 0.1) is 11.8 Å². The Balaban J connectivity index is 4.71. The van der Waals surface area contributed by atoms with Crippen LogP contribution in [0.4, 0.5) is 0 Å². The van der Waals surface area contributed by atoms with Crippen LogP contribution < -0.4 is 0 Å². The van der Waals surface area contributed by atoms with Crippen LogP contribution in [-0.2, 0) is 19.4 Å². The van der Waals surface area contributed by atoms with E-state index in [1.54, 1.807) is 11.9 Å². The van der Waals surface area contributed by atoms with E-state index in [1.807, 2.05) is 18.9 Å². The van der Waals surface area contributed by atoms with Crippen molar-refractivity contribution in [3.8, 4) is 0 Å². The summed E-state index contributed by atoms with van der Waals surface area (Å²) in [5.41, 5.74) is 0. The first-order valence-electron chi connectivity index (χ1n) is 8.52. The Bertz CT molecular complexity index is 423. The van der Waals surface area contributed by atoms with Gasteiger partial charge < -0.3 is 10.2 Å². The second-order valence-corrected chi connectivity index (χ2v) is 6.88. The van der Waals surface area contributed by atoms with Gasteiger partial charge in [0.2, 0.25) is 0 Å². The third kappa shape index (κ3) is 9.41. The van der Waals surface area contributed by atoms with E-state index in [0.717, 1.165) is 0 Å². The molecule has 0 aliphatic rings. The Hall–Kier alpha value is -1.30. The highest BCUT2D eigenvalue weighted by atomic mass is 17.1. The van der Waals surface area contributed by atoms with Gasteiger partial charge in [0, 0.05) is 19.1 Å². The van der Waals surface area contributed by atoms with E-state index in [2.05, 4.69) is 9.78 Å². The minimum atomic E-state index is -1.06. The predicted octanol–water partition coefficient (Wildman–Crippen LogP) is 0.788. The van der Waals surface area contributed by atoms with Crippen LogP contribution in [0.3, 0.4) is 0 Å². The lowest BCUT2D eigenvalue weighted by atomic mass is 10.0. The van der Waals surface area contributed by atoms with Crippen molar-refractivity contribution < 1.29 is 40.1 Å². The number of hydrogen-bond acceptors (Lipinski definition) is 8. The van der Waals surface area contributed by atoms with Crippen LogP contribution in [0.25, 0.3) is 0 Å². The minimum Gasteiger partial charge on any atom is -0.481 e. The summed E-state index contributed by atoms with van der Waals surface area (Å²) in [6, 6.07) is -1.05. The maximum absolute atomic E-state index is 11.5. The highest BCUT2D eigenvalue weighted by Crippen LogP contribution is 2.14. The van der Waals surface area contributed by atoms with Gasteiger partial charge in [-0.1, -0.05) is 13.8 Å². The molecule has 0 spiro atoms. The van der Waals surface area contributed by atoms with Crippen molar-refractivity contribution in [2.24, 2.45) is 11.8 Å². The number of aliphatic carboxylic acids is 2. The normalized spacial score (nSPS) is 16.5. The summed E-state index contributed by atoms with van der Waals surface area (Å²) in [4.78, 5) is 34.3. The molecule has 0 fully saturated rings. The first-order valence-corrected chi connectivity index (χ1v) is 8.52. The van der Waals surface area contributed by atoms with Gasteiger partial charge in [-0.25, -0.2) is 9.78 Å². The van der Waals surface area contributed by atoms with Gasteiger partial charge in [0.25, 0.3) is 0 Å². The van der Waals surface area contributed by atoms with Gasteiger partial charge in [0.1, 0.15) is 6.04 Å². The zero-order chi connectivity index (χ0) is 20.3. The van der Waals surface area contributed by atoms with E-state index >= 15 is 0 Å². The number of nitrogens with zero attached hydrogens (tertiary/aromatic N) is 2. The molecule has 10 nitrogen and oxygen atoms in total. The number of rotatable bonds is 15. The quantitative estimate of drug-likeness (QED) is 0.238. The van der Waals surface area contributed by atoms with Crippen molar-refractivity contribution in [2.75, 3.05) is 40.4 Å². The van der Waals surface area contributed by atoms with E-state index in [-0.39, 0.29) is 31.6 Å². The molecule has 0 amide bonds. The van der Waals surface area contributed by atoms with Gasteiger partial charge in [-0.2, -0.15) is 0 Å². The molecule has 0 aromatic rings. The van der Waals surface area contributed by atoms with Crippen LogP contribution in [-0.4, -0.2) is 94.9 Å². The Kier molecular flexibility index (Phi) is 12.3. The van der Waals surface area contributed by atoms with Crippen LogP contribution in [0.5, 0.6) is 0 Å². The van der Waals surface area contributed by atoms with Crippen molar-refractivity contribution in [3.05, 3.63) is 0 Å². The summed E-state index contributed by atoms with van der Waals surface area (Å²) in [6.45, 7) is 4.47. The molecular weight excluding hydrogens is 348 g/mol. The monoisotopic (exact) mass is 380 g/mol. The maximum Gasteiger partial charge on any atom is 0.320 e. The molecule has 0 bridgehead atoms. The largest absolute Gasteiger partial charge is 0.481 e. The molecule has 4 unspecified atom stereocenters. The zero-order valence-electron chi connectivity index (χ0n) is 15.9. The second-order valence-electron chi connectivity index (χ2n) is 6.88. The zero-order valence-corrected chi connectivity index (χ0v) is 15.9. The molecule has 0 aromatic heterocycles. The van der Waals surface area contributed by atoms with E-state index < -0.39 is 23.9 Å². The highest BCUT2D eigenvalue weighted by Gasteiger charge is 2.28. The molecule has 0 radical (unpaired) electrons. The summed E-state index contributed by atoms with van der Waals surface area (Å²) in [5.74, 6) is -2.82. The smallest absolute Gasteiger partial charge is 0.320 e. The minimum absolute atomic E-state index is 0.0128. The van der Waals surface area contributed by atoms with Crippen LogP contribution >= 0.6 is 0 Å². The first kappa shape index (κ1) is 24.7. The summed E-state index contributed by atoms with van der Waals surface area (Å²) in [7, 11) is 3.46. The summed E-state index contributed by atoms with van der Waals surface area (Å²) in [6.07, 6.45) is 0.610. The fourth-order valence-electron chi connectivity index (χ4n) is 2.68. The lowest BCUT2D eigenvalue weighted by molar-refractivity contribution is -0.259. The SMILES string of the molecule is CC(COO)CC(COO)N(C)CCN(C)C(CC(C)C(=O)O)C(=O)O. The Morgan fingerprint density at radius 1 is 0.885 bits per heavy atom. The second kappa shape index (κ2) is 13.0. The fraction of sp³-hybridized carbons (Fsp3) is 0.875. The molecule has 0 rings (SSSR count). The number of likely N-dealkylation sites (N-methyl/N-ethyl adjacent to an activating group) is 2. The lowest BCUT2D eigenvalue weighted by Gasteiger charge is -2.32. The number of carboxylic acid groups (broad SMARTS) is 2. The van der Waals surface area contributed by atoms with E-state index in [9.17, 15) is 14.7 Å². The van der Waals surface area contributed by atoms with Gasteiger partial charge in [0.15, 0.2) is 0 Å². The summed E-state index contributed by atoms with van der Waals surface area (Å²) in [5, 5.41) is 35.6. The van der Waals surface area contributed by atoms with Crippen LogP contribution in [0.15, 0.2) is 0 Å². The number of carboxylic acids is 2. The average Bonchev–Trinajstić information content (AvgIpc) is 2.56. The molecule has 0 saturated carbocycles. The third-order valence-corrected chi connectivity index (χ3v) is 4.54. The van der Waals surface area contributed by atoms with Crippen molar-refractivity contribution in [3.63, 3.8) is 0 Å². The molecule has 26 heavy (non-hydrogen) atoms. The first-order chi connectivity index (χ1) is 12.1. The molecule has 4 N–H and O–H groups in total. The Labute approximate surface area is 153 Å². The standard InChI is InChI=1S/C16H32N2O8/c1-11(9-25-23)7-13(10-26-24)17(3)5-6-18(4)14(16(21)22)8-12(2)15(19)20/h11-14,23-24H,5-10H2,1-4H3,(H,19,20)(H,21,22). The van der Waals surface area contributed by atoms with Crippen molar-refractivity contribution in [2.45, 2.75) is 38.8 Å². The Morgan fingerprint density at radius 2 is 1.42 bits per heavy atom. The van der Waals surface area contributed by atoms with Gasteiger partial charge in [-0.3, -0.25) is 29.9 Å². The molecule has 0 aliphatic heterocycles. The van der Waals surface area contributed by atoms with Crippen LogP contribution in [0.2, 0.25) is 0 Å². The molecule has 154 valence electrons. The molecular formula is C16H32N2O8. The predicted molar refractivity (Wildman–Crippen MR) is 92.8 cm³/mol. The van der Waals surface area contributed by atoms with Gasteiger partial charge >= 0.3 is 11.9 Å². The van der Waals surface area contributed by atoms with Gasteiger partial charge in [0.05, 0.1) is 19.1 Å². The third-order valence-electron chi connectivity index (χ3n) is 4.54. The Morgan fingerprint density at radius 3 is 1.88 bits per heavy atom.